The van der Waals surface area contributed by atoms with E-state index in [0.717, 1.165) is 39.9 Å². The number of aromatic nitrogens is 4. The topological polar surface area (TPSA) is 92.8 Å². The summed E-state index contributed by atoms with van der Waals surface area (Å²) < 4.78 is 6.12. The Bertz CT molecular complexity index is 1140. The maximum absolute atomic E-state index is 10.9. The van der Waals surface area contributed by atoms with Gasteiger partial charge in [0.2, 0.25) is 0 Å². The average Bonchev–Trinajstić information content (AvgIpc) is 3.36. The van der Waals surface area contributed by atoms with Crippen LogP contribution in [0.3, 0.4) is 0 Å². The second kappa shape index (κ2) is 9.27. The largest absolute Gasteiger partial charge is 0.491 e. The quantitative estimate of drug-likeness (QED) is 0.277. The van der Waals surface area contributed by atoms with E-state index in [1.165, 1.54) is 11.3 Å². The first-order valence-corrected chi connectivity index (χ1v) is 11.2. The van der Waals surface area contributed by atoms with Crippen molar-refractivity contribution in [2.24, 2.45) is 0 Å². The summed E-state index contributed by atoms with van der Waals surface area (Å²) >= 11 is 3.04. The molecule has 2 N–H and O–H groups in total. The lowest BCUT2D eigenvalue weighted by molar-refractivity contribution is 0.112. The van der Waals surface area contributed by atoms with Crippen LogP contribution in [0, 0.1) is 0 Å². The number of thioether (sulfide) groups is 1. The van der Waals surface area contributed by atoms with Gasteiger partial charge in [-0.1, -0.05) is 31.3 Å². The maximum Gasteiger partial charge on any atom is 0.189 e. The summed E-state index contributed by atoms with van der Waals surface area (Å²) in [5.41, 5.74) is 1.81. The highest BCUT2D eigenvalue weighted by Crippen LogP contribution is 2.37. The molecule has 4 aromatic rings. The third-order valence-corrected chi connectivity index (χ3v) is 6.01. The van der Waals surface area contributed by atoms with E-state index in [1.807, 2.05) is 24.3 Å². The monoisotopic (exact) mass is 439 g/mol. The minimum atomic E-state index is 0.432. The van der Waals surface area contributed by atoms with E-state index in [4.69, 9.17) is 4.74 Å². The van der Waals surface area contributed by atoms with Gasteiger partial charge in [0.1, 0.15) is 11.3 Å². The molecule has 30 heavy (non-hydrogen) atoms. The van der Waals surface area contributed by atoms with Crippen molar-refractivity contribution in [3.05, 3.63) is 53.3 Å². The van der Waals surface area contributed by atoms with Crippen molar-refractivity contribution >= 4 is 51.2 Å². The number of nitrogens with zero attached hydrogens (tertiary/aromatic N) is 3. The summed E-state index contributed by atoms with van der Waals surface area (Å²) in [4.78, 5) is 21.2. The van der Waals surface area contributed by atoms with Gasteiger partial charge < -0.3 is 10.1 Å². The third-order valence-electron chi connectivity index (χ3n) is 4.19. The molecule has 0 aliphatic carbocycles. The number of nitrogens with one attached hydrogen (secondary N) is 2. The van der Waals surface area contributed by atoms with Crippen LogP contribution >= 0.6 is 23.1 Å². The molecule has 0 saturated heterocycles. The van der Waals surface area contributed by atoms with Gasteiger partial charge in [-0.15, -0.1) is 11.8 Å². The molecule has 0 radical (unpaired) electrons. The molecular formula is C21H21N5O2S2. The first-order valence-electron chi connectivity index (χ1n) is 9.52. The van der Waals surface area contributed by atoms with E-state index < -0.39 is 0 Å². The van der Waals surface area contributed by atoms with E-state index in [9.17, 15) is 4.79 Å². The zero-order chi connectivity index (χ0) is 20.9. The molecule has 4 rings (SSSR count). The molecule has 0 aliphatic heterocycles. The third kappa shape index (κ3) is 4.80. The van der Waals surface area contributed by atoms with Crippen molar-refractivity contribution in [1.29, 1.82) is 0 Å². The first kappa shape index (κ1) is 20.4. The van der Waals surface area contributed by atoms with Gasteiger partial charge >= 0.3 is 0 Å². The molecule has 1 aromatic carbocycles. The fourth-order valence-electron chi connectivity index (χ4n) is 2.93. The molecule has 0 spiro atoms. The first-order chi connectivity index (χ1) is 14.6. The minimum Gasteiger partial charge on any atom is -0.491 e. The smallest absolute Gasteiger partial charge is 0.189 e. The molecule has 7 nitrogen and oxygen atoms in total. The standard InChI is InChI=1S/C21H21N5O2S2/c1-13(2)29-15-9-17-19(18(10-15)28-8-6-14-5-3-4-7-22-14)25-26-20(17)24-21-23-11-16(12-27)30-21/h3-5,7,9-13H,6,8H2,1-2H3,(H2,23,24,25,26). The molecule has 0 amide bonds. The molecule has 0 saturated carbocycles. The maximum atomic E-state index is 10.9. The Balaban J connectivity index is 1.61. The van der Waals surface area contributed by atoms with Gasteiger partial charge in [0.25, 0.3) is 0 Å². The van der Waals surface area contributed by atoms with Crippen molar-refractivity contribution in [2.75, 3.05) is 11.9 Å². The molecule has 3 heterocycles. The van der Waals surface area contributed by atoms with E-state index in [-0.39, 0.29) is 0 Å². The molecule has 0 unspecified atom stereocenters. The molecule has 0 atom stereocenters. The van der Waals surface area contributed by atoms with E-state index in [1.54, 1.807) is 24.2 Å². The van der Waals surface area contributed by atoms with Crippen LogP contribution in [0.5, 0.6) is 5.75 Å². The highest BCUT2D eigenvalue weighted by Gasteiger charge is 2.15. The number of benzene rings is 1. The number of anilines is 2. The molecule has 0 bridgehead atoms. The van der Waals surface area contributed by atoms with Crippen LogP contribution in [0.15, 0.2) is 47.6 Å². The molecule has 9 heteroatoms. The summed E-state index contributed by atoms with van der Waals surface area (Å²) in [6.45, 7) is 4.82. The number of thiazole rings is 1. The Hall–Kier alpha value is -2.91. The van der Waals surface area contributed by atoms with Crippen molar-refractivity contribution < 1.29 is 9.53 Å². The van der Waals surface area contributed by atoms with Gasteiger partial charge in [-0.25, -0.2) is 4.98 Å². The number of aldehydes is 1. The lowest BCUT2D eigenvalue weighted by Gasteiger charge is -2.11. The zero-order valence-corrected chi connectivity index (χ0v) is 18.2. The highest BCUT2D eigenvalue weighted by atomic mass is 32.2. The van der Waals surface area contributed by atoms with Crippen LogP contribution < -0.4 is 10.1 Å². The molecule has 0 aliphatic rings. The molecule has 154 valence electrons. The lowest BCUT2D eigenvalue weighted by Crippen LogP contribution is -2.03. The second-order valence-electron chi connectivity index (χ2n) is 6.81. The summed E-state index contributed by atoms with van der Waals surface area (Å²) in [6, 6.07) is 10.00. The van der Waals surface area contributed by atoms with E-state index in [2.05, 4.69) is 45.4 Å². The SMILES string of the molecule is CC(C)Sc1cc(OCCc2ccccn2)c2[nH]nc(Nc3ncc(C=O)s3)c2c1. The zero-order valence-electron chi connectivity index (χ0n) is 16.6. The number of pyridine rings is 1. The van der Waals surface area contributed by atoms with Crippen molar-refractivity contribution in [3.8, 4) is 5.75 Å². The number of hydrogen-bond donors (Lipinski definition) is 2. The van der Waals surface area contributed by atoms with Crippen molar-refractivity contribution in [1.82, 2.24) is 20.2 Å². The van der Waals surface area contributed by atoms with Crippen LogP contribution in [0.1, 0.15) is 29.2 Å². The van der Waals surface area contributed by atoms with Crippen LogP contribution in [0.2, 0.25) is 0 Å². The Labute approximate surface area is 182 Å². The van der Waals surface area contributed by atoms with Gasteiger partial charge in [0.15, 0.2) is 17.2 Å². The fraction of sp³-hybridized carbons (Fsp3) is 0.238. The van der Waals surface area contributed by atoms with Crippen LogP contribution in [-0.4, -0.2) is 38.3 Å². The molecular weight excluding hydrogens is 418 g/mol. The van der Waals surface area contributed by atoms with Crippen LogP contribution in [0.25, 0.3) is 10.9 Å². The number of aromatic amines is 1. The number of carbonyl (C=O) groups is 1. The molecule has 0 fully saturated rings. The van der Waals surface area contributed by atoms with Crippen LogP contribution in [-0.2, 0) is 6.42 Å². The number of rotatable bonds is 9. The van der Waals surface area contributed by atoms with Crippen molar-refractivity contribution in [3.63, 3.8) is 0 Å². The summed E-state index contributed by atoms with van der Waals surface area (Å²) in [5, 5.41) is 12.6. The second-order valence-corrected chi connectivity index (χ2v) is 9.53. The van der Waals surface area contributed by atoms with Gasteiger partial charge in [-0.05, 0) is 24.3 Å². The van der Waals surface area contributed by atoms with Gasteiger partial charge in [0.05, 0.1) is 17.7 Å². The minimum absolute atomic E-state index is 0.432. The Morgan fingerprint density at radius 3 is 2.93 bits per heavy atom. The summed E-state index contributed by atoms with van der Waals surface area (Å²) in [6.07, 6.45) is 4.84. The Morgan fingerprint density at radius 2 is 2.20 bits per heavy atom. The number of carbonyl (C=O) groups excluding carboxylic acids is 1. The average molecular weight is 440 g/mol. The predicted molar refractivity (Wildman–Crippen MR) is 121 cm³/mol. The normalized spacial score (nSPS) is 11.2. The van der Waals surface area contributed by atoms with Crippen LogP contribution in [0.4, 0.5) is 10.9 Å². The van der Waals surface area contributed by atoms with Gasteiger partial charge in [0, 0.05) is 33.8 Å². The number of H-pyrrole nitrogens is 1. The summed E-state index contributed by atoms with van der Waals surface area (Å²) in [7, 11) is 0. The number of hydrogen-bond acceptors (Lipinski definition) is 8. The van der Waals surface area contributed by atoms with Crippen molar-refractivity contribution in [2.45, 2.75) is 30.4 Å². The van der Waals surface area contributed by atoms with E-state index >= 15 is 0 Å². The predicted octanol–water partition coefficient (Wildman–Crippen LogP) is 5.09. The Kier molecular flexibility index (Phi) is 6.29. The number of fused-ring (bicyclic) bond motifs is 1. The highest BCUT2D eigenvalue weighted by molar-refractivity contribution is 7.99. The van der Waals surface area contributed by atoms with E-state index in [0.29, 0.717) is 27.7 Å². The fourth-order valence-corrected chi connectivity index (χ4v) is 4.46. The van der Waals surface area contributed by atoms with Gasteiger partial charge in [-0.3, -0.25) is 14.9 Å². The van der Waals surface area contributed by atoms with Gasteiger partial charge in [-0.2, -0.15) is 5.10 Å². The molecule has 3 aromatic heterocycles. The lowest BCUT2D eigenvalue weighted by atomic mass is 10.2. The summed E-state index contributed by atoms with van der Waals surface area (Å²) in [5.74, 6) is 1.40. The Morgan fingerprint density at radius 1 is 1.30 bits per heavy atom. The number of ether oxygens (including phenoxy) is 1.